The molecule has 0 saturated carbocycles. The molecule has 0 fully saturated rings. The van der Waals surface area contributed by atoms with Gasteiger partial charge in [0.1, 0.15) is 0 Å². The quantitative estimate of drug-likeness (QED) is 0.0158. The number of rotatable bonds is 64. The number of nitrogens with one attached hydrogen (secondary N) is 2. The zero-order valence-corrected chi connectivity index (χ0v) is 76.6. The van der Waals surface area contributed by atoms with E-state index in [1.807, 2.05) is 36.4 Å². The Morgan fingerprint density at radius 1 is 0.274 bits per heavy atom. The van der Waals surface area contributed by atoms with Gasteiger partial charge in [0, 0.05) is 57.6 Å². The van der Waals surface area contributed by atoms with E-state index in [2.05, 4.69) is 112 Å². The third-order valence-corrected chi connectivity index (χ3v) is 23.7. The summed E-state index contributed by atoms with van der Waals surface area (Å²) in [5.41, 5.74) is 10.6. The second kappa shape index (κ2) is 58.4. The third-order valence-electron chi connectivity index (χ3n) is 23.7. The highest BCUT2D eigenvalue weighted by Gasteiger charge is 2.25. The van der Waals surface area contributed by atoms with Crippen LogP contribution in [0, 0.1) is 43.9 Å². The Morgan fingerprint density at radius 3 is 0.750 bits per heavy atom. The summed E-state index contributed by atoms with van der Waals surface area (Å²) in [5.74, 6) is 17.6. The van der Waals surface area contributed by atoms with E-state index >= 15 is 0 Å². The van der Waals surface area contributed by atoms with Gasteiger partial charge in [0.2, 0.25) is 11.5 Å². The van der Waals surface area contributed by atoms with Gasteiger partial charge in [0.25, 0.3) is 11.4 Å². The maximum atomic E-state index is 12.0. The topological polar surface area (TPSA) is 199 Å². The highest BCUT2D eigenvalue weighted by atomic mass is 16.6. The third kappa shape index (κ3) is 33.9. The van der Waals surface area contributed by atoms with Crippen LogP contribution in [0.15, 0.2) is 97.1 Å². The van der Waals surface area contributed by atoms with Gasteiger partial charge in [-0.25, -0.2) is 9.97 Å². The number of aromatic amines is 2. The van der Waals surface area contributed by atoms with Gasteiger partial charge in [0.05, 0.1) is 94.4 Å². The molecule has 5 heterocycles. The Balaban J connectivity index is 1.29. The Morgan fingerprint density at radius 2 is 0.500 bits per heavy atom. The zero-order chi connectivity index (χ0) is 87.2. The van der Waals surface area contributed by atoms with Crippen LogP contribution in [0.3, 0.4) is 0 Å². The van der Waals surface area contributed by atoms with Crippen molar-refractivity contribution in [2.75, 3.05) is 39.6 Å². The lowest BCUT2D eigenvalue weighted by Crippen LogP contribution is -2.07. The lowest BCUT2D eigenvalue weighted by atomic mass is 10.0. The molecule has 8 bridgehead atoms. The molecule has 0 saturated heterocycles. The number of H-pyrrole nitrogens is 2. The van der Waals surface area contributed by atoms with Crippen molar-refractivity contribution in [1.29, 1.82) is 0 Å². The molecule has 16 nitrogen and oxygen atoms in total. The number of unbranched alkanes of at least 4 members (excludes halogenated alkanes) is 42. The van der Waals surface area contributed by atoms with Crippen LogP contribution in [0.2, 0.25) is 0 Å². The van der Waals surface area contributed by atoms with E-state index in [0.717, 1.165) is 149 Å². The van der Waals surface area contributed by atoms with Crippen molar-refractivity contribution in [3.8, 4) is 80.4 Å². The highest BCUT2D eigenvalue weighted by Crippen LogP contribution is 2.47. The smallest absolute Gasteiger partial charge is 0.269 e. The molecule has 2 aliphatic rings. The van der Waals surface area contributed by atoms with E-state index in [1.165, 1.54) is 217 Å². The standard InChI is InChI=1S/C108H148N6O10/c1-7-13-19-25-31-37-43-49-75-119-101-81-87(82-102(120-76-50-44-38-32-26-20-14-8-2)107(101)123-79-53-47-41-35-29-23-17-11-5)105-97-71-67-93(109-97)91(65-59-85-55-61-89(62-56-85)113(115)116)95-69-73-99(111-95)106(100-74-70-96(112-100)92(94-68-72-98(105)110-94)66-60-86-57-63-90(64-58-86)114(117)118)88-83-103(121-77-51-45-39-33-27-21-15-9-3)108(124-80-54-48-42-36-30-24-18-12-6)104(84-88)122-78-52-46-40-34-28-22-16-10-4/h55-58,61-64,67-74,81-84,109,112H,7-54,75-80H2,1-6H3. The number of benzene rings is 4. The predicted octanol–water partition coefficient (Wildman–Crippen LogP) is 31.7. The van der Waals surface area contributed by atoms with Gasteiger partial charge in [-0.15, -0.1) is 0 Å². The van der Waals surface area contributed by atoms with Gasteiger partial charge in [-0.05, 0) is 147 Å². The van der Waals surface area contributed by atoms with E-state index in [4.69, 9.17) is 38.4 Å². The van der Waals surface area contributed by atoms with Gasteiger partial charge >= 0.3 is 0 Å². The van der Waals surface area contributed by atoms with Crippen LogP contribution in [0.1, 0.15) is 395 Å². The molecule has 670 valence electrons. The van der Waals surface area contributed by atoms with Crippen LogP contribution >= 0.6 is 0 Å². The van der Waals surface area contributed by atoms with E-state index < -0.39 is 9.85 Å². The second-order valence-electron chi connectivity index (χ2n) is 34.2. The molecule has 0 radical (unpaired) electrons. The van der Waals surface area contributed by atoms with Crippen LogP contribution in [0.4, 0.5) is 11.4 Å². The van der Waals surface area contributed by atoms with E-state index in [0.29, 0.717) is 130 Å². The molecule has 3 aromatic heterocycles. The summed E-state index contributed by atoms with van der Waals surface area (Å²) in [4.78, 5) is 42.4. The fourth-order valence-electron chi connectivity index (χ4n) is 16.3. The number of aromatic nitrogens is 4. The van der Waals surface area contributed by atoms with Crippen LogP contribution in [0.5, 0.6) is 34.5 Å². The van der Waals surface area contributed by atoms with Gasteiger partial charge in [-0.1, -0.05) is 335 Å². The summed E-state index contributed by atoms with van der Waals surface area (Å²) in [6.07, 6.45) is 64.0. The predicted molar refractivity (Wildman–Crippen MR) is 517 cm³/mol. The van der Waals surface area contributed by atoms with E-state index in [9.17, 15) is 20.2 Å². The number of hydrogen-bond donors (Lipinski definition) is 2. The van der Waals surface area contributed by atoms with Gasteiger partial charge < -0.3 is 38.4 Å². The first-order valence-electron chi connectivity index (χ1n) is 48.9. The largest absolute Gasteiger partial charge is 0.490 e. The molecular formula is C108H148N6O10. The Kier molecular flexibility index (Phi) is 46.2. The number of nitro benzene ring substituents is 2. The minimum Gasteiger partial charge on any atom is -0.490 e. The molecule has 0 spiro atoms. The number of nitro groups is 2. The van der Waals surface area contributed by atoms with Gasteiger partial charge in [-0.2, -0.15) is 0 Å². The number of ether oxygens (including phenoxy) is 6. The first-order valence-corrected chi connectivity index (χ1v) is 48.9. The normalized spacial score (nSPS) is 11.5. The summed E-state index contributed by atoms with van der Waals surface area (Å²) in [7, 11) is 0. The lowest BCUT2D eigenvalue weighted by Gasteiger charge is -2.19. The van der Waals surface area contributed by atoms with Gasteiger partial charge in [-0.3, -0.25) is 20.2 Å². The average molecular weight is 1690 g/mol. The molecular weight excluding hydrogens is 1540 g/mol. The first kappa shape index (κ1) is 98.0. The Hall–Kier alpha value is -9.80. The molecule has 9 rings (SSSR count). The maximum Gasteiger partial charge on any atom is 0.269 e. The molecule has 7 aromatic rings. The lowest BCUT2D eigenvalue weighted by molar-refractivity contribution is -0.385. The van der Waals surface area contributed by atoms with Crippen molar-refractivity contribution >= 4 is 57.7 Å². The average Bonchev–Trinajstić information content (AvgIpc) is 1.58. The minimum absolute atomic E-state index is 0.0264. The van der Waals surface area contributed by atoms with Crippen molar-refractivity contribution in [3.63, 3.8) is 0 Å². The molecule has 16 heteroatoms. The molecule has 0 aliphatic carbocycles. The Bertz CT molecular complexity index is 4300. The number of non-ortho nitro benzene ring substituents is 2. The summed E-state index contributed by atoms with van der Waals surface area (Å²) in [5, 5.41) is 24.1. The van der Waals surface area contributed by atoms with Crippen molar-refractivity contribution < 1.29 is 38.3 Å². The molecule has 124 heavy (non-hydrogen) atoms. The number of hydrogen-bond acceptors (Lipinski definition) is 12. The van der Waals surface area contributed by atoms with Crippen molar-refractivity contribution in [3.05, 3.63) is 162 Å². The van der Waals surface area contributed by atoms with E-state index in [1.54, 1.807) is 24.3 Å². The molecule has 2 aliphatic heterocycles. The molecule has 2 N–H and O–H groups in total. The molecule has 0 amide bonds. The van der Waals surface area contributed by atoms with Crippen LogP contribution in [-0.2, 0) is 0 Å². The zero-order valence-electron chi connectivity index (χ0n) is 76.6. The van der Waals surface area contributed by atoms with Crippen LogP contribution < -0.4 is 28.4 Å². The van der Waals surface area contributed by atoms with Crippen LogP contribution in [-0.4, -0.2) is 69.4 Å². The fraction of sp³-hybridized carbons (Fsp3) is 0.556. The summed E-state index contributed by atoms with van der Waals surface area (Å²) in [6, 6.07) is 29.3. The summed E-state index contributed by atoms with van der Waals surface area (Å²) < 4.78 is 42.3. The minimum atomic E-state index is -0.397. The SMILES string of the molecule is CCCCCCCCCCOc1cc(-c2c3nc(c(C#Cc4ccc([N+](=O)[O-])cc4)c4ccc([nH]4)c(-c4cc(OCCCCCCCCCC)c(OCCCCCCCCCC)c(OCCCCCCCCCC)c4)c4nc(c(C#Cc5ccc([N+](=O)[O-])cc5)c5ccc2[nH]5)C=C4)C=C3)cc(OCCCCCCCCCC)c1OCCCCCCCCCC. The van der Waals surface area contributed by atoms with Crippen molar-refractivity contribution in [1.82, 2.24) is 19.9 Å². The summed E-state index contributed by atoms with van der Waals surface area (Å²) >= 11 is 0. The molecule has 0 atom stereocenters. The maximum absolute atomic E-state index is 12.0. The Labute approximate surface area is 743 Å². The monoisotopic (exact) mass is 1690 g/mol. The highest BCUT2D eigenvalue weighted by molar-refractivity contribution is 5.96. The fourth-order valence-corrected chi connectivity index (χ4v) is 16.3. The van der Waals surface area contributed by atoms with Crippen molar-refractivity contribution in [2.24, 2.45) is 0 Å². The van der Waals surface area contributed by atoms with Crippen LogP contribution in [0.25, 0.3) is 68.6 Å². The molecule has 4 aromatic carbocycles. The van der Waals surface area contributed by atoms with Crippen molar-refractivity contribution in [2.45, 2.75) is 350 Å². The van der Waals surface area contributed by atoms with Gasteiger partial charge in [0.15, 0.2) is 23.0 Å². The molecule has 0 unspecified atom stereocenters. The number of fused-ring (bicyclic) bond motifs is 8. The number of nitrogens with zero attached hydrogens (tertiary/aromatic N) is 4. The first-order chi connectivity index (χ1) is 61.0. The van der Waals surface area contributed by atoms with E-state index in [-0.39, 0.29) is 11.4 Å². The summed E-state index contributed by atoms with van der Waals surface area (Å²) in [6.45, 7) is 16.6. The second-order valence-corrected chi connectivity index (χ2v) is 34.2.